The van der Waals surface area contributed by atoms with E-state index in [1.807, 2.05) is 24.3 Å². The third-order valence-corrected chi connectivity index (χ3v) is 5.13. The van der Waals surface area contributed by atoms with E-state index in [1.54, 1.807) is 25.1 Å². The molecule has 2 aromatic carbocycles. The molecule has 0 radical (unpaired) electrons. The second-order valence-corrected chi connectivity index (χ2v) is 7.44. The molecule has 0 unspecified atom stereocenters. The fourth-order valence-electron chi connectivity index (χ4n) is 2.70. The lowest BCUT2D eigenvalue weighted by molar-refractivity contribution is -0.142. The fourth-order valence-corrected chi connectivity index (χ4v) is 3.88. The standard InChI is InChI=1S/C19H16Br2N2O3/c1-2-26-18(24)10-17-14-5-3-4-6-15(14)19(25)23(22-17)11-12-7-8-13(20)9-16(12)21/h3-9H,2,10-11H2,1H3. The first-order valence-electron chi connectivity index (χ1n) is 8.08. The van der Waals surface area contributed by atoms with Gasteiger partial charge in [0.25, 0.3) is 5.56 Å². The summed E-state index contributed by atoms with van der Waals surface area (Å²) in [5, 5.41) is 5.67. The van der Waals surface area contributed by atoms with E-state index >= 15 is 0 Å². The molecule has 0 amide bonds. The van der Waals surface area contributed by atoms with Gasteiger partial charge in [-0.25, -0.2) is 4.68 Å². The van der Waals surface area contributed by atoms with Gasteiger partial charge < -0.3 is 4.74 Å². The number of nitrogens with zero attached hydrogens (tertiary/aromatic N) is 2. The summed E-state index contributed by atoms with van der Waals surface area (Å²) in [6.45, 7) is 2.37. The molecule has 26 heavy (non-hydrogen) atoms. The lowest BCUT2D eigenvalue weighted by Crippen LogP contribution is -2.26. The van der Waals surface area contributed by atoms with Crippen molar-refractivity contribution in [3.05, 3.63) is 73.0 Å². The van der Waals surface area contributed by atoms with Crippen molar-refractivity contribution >= 4 is 48.6 Å². The lowest BCUT2D eigenvalue weighted by Gasteiger charge is -2.12. The number of esters is 1. The van der Waals surface area contributed by atoms with E-state index in [1.165, 1.54) is 4.68 Å². The van der Waals surface area contributed by atoms with Crippen LogP contribution in [0.15, 0.2) is 56.2 Å². The smallest absolute Gasteiger partial charge is 0.311 e. The summed E-state index contributed by atoms with van der Waals surface area (Å²) >= 11 is 6.93. The van der Waals surface area contributed by atoms with Gasteiger partial charge in [-0.2, -0.15) is 5.10 Å². The van der Waals surface area contributed by atoms with E-state index < -0.39 is 0 Å². The second kappa shape index (κ2) is 8.14. The van der Waals surface area contributed by atoms with Gasteiger partial charge in [0.15, 0.2) is 0 Å². The van der Waals surface area contributed by atoms with Gasteiger partial charge in [0.1, 0.15) is 0 Å². The molecular formula is C19H16Br2N2O3. The number of halogens is 2. The summed E-state index contributed by atoms with van der Waals surface area (Å²) in [6, 6.07) is 12.9. The first-order chi connectivity index (χ1) is 12.5. The number of carbonyl (C=O) groups excluding carboxylic acids is 1. The third kappa shape index (κ3) is 4.04. The van der Waals surface area contributed by atoms with Gasteiger partial charge >= 0.3 is 5.97 Å². The zero-order chi connectivity index (χ0) is 18.7. The van der Waals surface area contributed by atoms with E-state index in [4.69, 9.17) is 4.74 Å². The normalized spacial score (nSPS) is 10.9. The average Bonchev–Trinajstić information content (AvgIpc) is 2.61. The Hall–Kier alpha value is -1.99. The minimum absolute atomic E-state index is 0.0239. The molecule has 7 heteroatoms. The van der Waals surface area contributed by atoms with Crippen molar-refractivity contribution in [2.45, 2.75) is 19.9 Å². The number of carbonyl (C=O) groups is 1. The van der Waals surface area contributed by atoms with Crippen molar-refractivity contribution in [3.63, 3.8) is 0 Å². The molecule has 0 saturated carbocycles. The van der Waals surface area contributed by atoms with Gasteiger partial charge in [-0.1, -0.05) is 56.1 Å². The maximum atomic E-state index is 12.8. The van der Waals surface area contributed by atoms with Crippen LogP contribution in [-0.4, -0.2) is 22.4 Å². The van der Waals surface area contributed by atoms with Crippen LogP contribution in [0.25, 0.3) is 10.8 Å². The molecule has 3 rings (SSSR count). The van der Waals surface area contributed by atoms with Crippen molar-refractivity contribution in [1.82, 2.24) is 9.78 Å². The summed E-state index contributed by atoms with van der Waals surface area (Å²) in [6.07, 6.45) is 0.0239. The van der Waals surface area contributed by atoms with Gasteiger partial charge in [-0.3, -0.25) is 9.59 Å². The van der Waals surface area contributed by atoms with Gasteiger partial charge in [0.05, 0.1) is 30.7 Å². The molecule has 0 aliphatic carbocycles. The van der Waals surface area contributed by atoms with Crippen molar-refractivity contribution < 1.29 is 9.53 Å². The molecule has 3 aromatic rings. The van der Waals surface area contributed by atoms with Crippen LogP contribution >= 0.6 is 31.9 Å². The molecule has 5 nitrogen and oxygen atoms in total. The first kappa shape index (κ1) is 18.8. The van der Waals surface area contributed by atoms with Crippen molar-refractivity contribution in [2.75, 3.05) is 6.61 Å². The maximum Gasteiger partial charge on any atom is 0.311 e. The summed E-state index contributed by atoms with van der Waals surface area (Å²) in [5.41, 5.74) is 1.26. The highest BCUT2D eigenvalue weighted by atomic mass is 79.9. The summed E-state index contributed by atoms with van der Waals surface area (Å²) in [4.78, 5) is 24.8. The Labute approximate surface area is 167 Å². The van der Waals surface area contributed by atoms with E-state index in [9.17, 15) is 9.59 Å². The molecule has 0 bridgehead atoms. The van der Waals surface area contributed by atoms with Crippen LogP contribution < -0.4 is 5.56 Å². The maximum absolute atomic E-state index is 12.8. The van der Waals surface area contributed by atoms with Crippen LogP contribution in [0.5, 0.6) is 0 Å². The van der Waals surface area contributed by atoms with Gasteiger partial charge in [0.2, 0.25) is 0 Å². The van der Waals surface area contributed by atoms with Crippen LogP contribution in [0, 0.1) is 0 Å². The van der Waals surface area contributed by atoms with Gasteiger partial charge in [-0.05, 0) is 30.7 Å². The largest absolute Gasteiger partial charge is 0.466 e. The van der Waals surface area contributed by atoms with Crippen molar-refractivity contribution in [1.29, 1.82) is 0 Å². The number of hydrogen-bond donors (Lipinski definition) is 0. The van der Waals surface area contributed by atoms with E-state index in [2.05, 4.69) is 37.0 Å². The van der Waals surface area contributed by atoms with Crippen LogP contribution in [-0.2, 0) is 22.5 Å². The fraction of sp³-hybridized carbons (Fsp3) is 0.211. The average molecular weight is 480 g/mol. The third-order valence-electron chi connectivity index (χ3n) is 3.90. The van der Waals surface area contributed by atoms with E-state index in [0.717, 1.165) is 14.5 Å². The highest BCUT2D eigenvalue weighted by Gasteiger charge is 2.15. The van der Waals surface area contributed by atoms with Crippen LogP contribution in [0.2, 0.25) is 0 Å². The highest BCUT2D eigenvalue weighted by molar-refractivity contribution is 9.11. The Morgan fingerprint density at radius 3 is 2.58 bits per heavy atom. The molecule has 0 aliphatic rings. The summed E-state index contributed by atoms with van der Waals surface area (Å²) in [7, 11) is 0. The topological polar surface area (TPSA) is 61.2 Å². The molecule has 0 N–H and O–H groups in total. The van der Waals surface area contributed by atoms with Crippen molar-refractivity contribution in [3.8, 4) is 0 Å². The molecular weight excluding hydrogens is 464 g/mol. The molecule has 1 aromatic heterocycles. The molecule has 0 spiro atoms. The predicted molar refractivity (Wildman–Crippen MR) is 107 cm³/mol. The Bertz CT molecular complexity index is 1030. The lowest BCUT2D eigenvalue weighted by atomic mass is 10.1. The molecule has 0 atom stereocenters. The zero-order valence-electron chi connectivity index (χ0n) is 14.0. The van der Waals surface area contributed by atoms with E-state index in [-0.39, 0.29) is 17.9 Å². The van der Waals surface area contributed by atoms with Crippen LogP contribution in [0.3, 0.4) is 0 Å². The minimum atomic E-state index is -0.361. The quantitative estimate of drug-likeness (QED) is 0.517. The van der Waals surface area contributed by atoms with E-state index in [0.29, 0.717) is 29.6 Å². The molecule has 1 heterocycles. The van der Waals surface area contributed by atoms with Crippen LogP contribution in [0.4, 0.5) is 0 Å². The minimum Gasteiger partial charge on any atom is -0.466 e. The Kier molecular flexibility index (Phi) is 5.88. The number of fused-ring (bicyclic) bond motifs is 1. The first-order valence-corrected chi connectivity index (χ1v) is 9.66. The SMILES string of the molecule is CCOC(=O)Cc1nn(Cc2ccc(Br)cc2Br)c(=O)c2ccccc12. The molecule has 134 valence electrons. The predicted octanol–water partition coefficient (Wildman–Crippen LogP) is 4.08. The highest BCUT2D eigenvalue weighted by Crippen LogP contribution is 2.23. The molecule has 0 aliphatic heterocycles. The van der Waals surface area contributed by atoms with Gasteiger partial charge in [-0.15, -0.1) is 0 Å². The number of benzene rings is 2. The number of hydrogen-bond acceptors (Lipinski definition) is 4. The monoisotopic (exact) mass is 478 g/mol. The molecule has 0 saturated heterocycles. The van der Waals surface area contributed by atoms with Crippen LogP contribution in [0.1, 0.15) is 18.2 Å². The Morgan fingerprint density at radius 1 is 1.15 bits per heavy atom. The summed E-state index contributed by atoms with van der Waals surface area (Å²) < 4.78 is 8.25. The Morgan fingerprint density at radius 2 is 1.88 bits per heavy atom. The van der Waals surface area contributed by atoms with Gasteiger partial charge in [0, 0.05) is 14.3 Å². The Balaban J connectivity index is 2.09. The number of aromatic nitrogens is 2. The van der Waals surface area contributed by atoms with Crippen molar-refractivity contribution in [2.24, 2.45) is 0 Å². The number of rotatable bonds is 5. The second-order valence-electron chi connectivity index (χ2n) is 5.67. The summed E-state index contributed by atoms with van der Waals surface area (Å²) in [5.74, 6) is -0.361. The number of ether oxygens (including phenoxy) is 1. The molecule has 0 fully saturated rings. The zero-order valence-corrected chi connectivity index (χ0v) is 17.2.